The monoisotopic (exact) mass is 301 g/mol. The maximum atomic E-state index is 11.8. The fourth-order valence-corrected chi connectivity index (χ4v) is 2.27. The molecular weight excluding hydrogens is 274 g/mol. The third-order valence-electron chi connectivity index (χ3n) is 3.61. The van der Waals surface area contributed by atoms with Gasteiger partial charge in [0.2, 0.25) is 0 Å². The number of nitrogens with one attached hydrogen (secondary N) is 2. The second-order valence-corrected chi connectivity index (χ2v) is 5.27. The molecule has 0 radical (unpaired) electrons. The zero-order valence-corrected chi connectivity index (χ0v) is 12.9. The summed E-state index contributed by atoms with van der Waals surface area (Å²) in [6.45, 7) is 7.79. The van der Waals surface area contributed by atoms with Crippen LogP contribution in [0.5, 0.6) is 0 Å². The van der Waals surface area contributed by atoms with E-state index in [4.69, 9.17) is 9.84 Å². The molecule has 21 heavy (non-hydrogen) atoms. The molecule has 0 bridgehead atoms. The first-order valence-corrected chi connectivity index (χ1v) is 7.67. The van der Waals surface area contributed by atoms with Crippen LogP contribution >= 0.6 is 0 Å². The molecule has 1 rings (SSSR count). The Labute approximate surface area is 126 Å². The van der Waals surface area contributed by atoms with Crippen LogP contribution in [0.2, 0.25) is 0 Å². The van der Waals surface area contributed by atoms with Crippen molar-refractivity contribution in [3.63, 3.8) is 0 Å². The van der Waals surface area contributed by atoms with Crippen molar-refractivity contribution >= 4 is 12.0 Å². The standard InChI is InChI=1S/C14H27N3O4/c1-3-5-6-12(13(18)19)16-14(20)15-9-11-10-17(4-2)7-8-21-11/h11-12H,3-10H2,1-2H3,(H,18,19)(H2,15,16,20)/t11?,12-/m0/s1. The van der Waals surface area contributed by atoms with E-state index in [2.05, 4.69) is 22.5 Å². The lowest BCUT2D eigenvalue weighted by atomic mass is 10.1. The topological polar surface area (TPSA) is 90.9 Å². The molecule has 1 heterocycles. The molecule has 0 aromatic heterocycles. The van der Waals surface area contributed by atoms with Crippen molar-refractivity contribution in [2.45, 2.75) is 45.3 Å². The van der Waals surface area contributed by atoms with Gasteiger partial charge in [-0.2, -0.15) is 0 Å². The number of carboxylic acids is 1. The molecule has 2 atom stereocenters. The molecule has 3 N–H and O–H groups in total. The number of hydrogen-bond donors (Lipinski definition) is 3. The maximum absolute atomic E-state index is 11.8. The van der Waals surface area contributed by atoms with Crippen molar-refractivity contribution in [3.05, 3.63) is 0 Å². The summed E-state index contributed by atoms with van der Waals surface area (Å²) >= 11 is 0. The number of carbonyl (C=O) groups excluding carboxylic acids is 1. The van der Waals surface area contributed by atoms with Crippen molar-refractivity contribution < 1.29 is 19.4 Å². The van der Waals surface area contributed by atoms with Gasteiger partial charge in [0.15, 0.2) is 0 Å². The van der Waals surface area contributed by atoms with Crippen LogP contribution < -0.4 is 10.6 Å². The fourth-order valence-electron chi connectivity index (χ4n) is 2.27. The van der Waals surface area contributed by atoms with Gasteiger partial charge in [-0.1, -0.05) is 26.7 Å². The highest BCUT2D eigenvalue weighted by atomic mass is 16.5. The highest BCUT2D eigenvalue weighted by Crippen LogP contribution is 2.04. The summed E-state index contributed by atoms with van der Waals surface area (Å²) in [6, 6.07) is -1.28. The number of ether oxygens (including phenoxy) is 1. The van der Waals surface area contributed by atoms with Crippen LogP contribution in [0, 0.1) is 0 Å². The molecule has 0 aromatic carbocycles. The Morgan fingerprint density at radius 3 is 2.81 bits per heavy atom. The number of nitrogens with zero attached hydrogens (tertiary/aromatic N) is 1. The number of carboxylic acid groups (broad SMARTS) is 1. The van der Waals surface area contributed by atoms with Gasteiger partial charge < -0.3 is 20.5 Å². The van der Waals surface area contributed by atoms with E-state index in [1.807, 2.05) is 6.92 Å². The van der Waals surface area contributed by atoms with Crippen molar-refractivity contribution in [2.75, 3.05) is 32.8 Å². The molecule has 1 aliphatic heterocycles. The summed E-state index contributed by atoms with van der Waals surface area (Å²) < 4.78 is 5.58. The summed E-state index contributed by atoms with van der Waals surface area (Å²) in [6.07, 6.45) is 2.08. The molecule has 122 valence electrons. The van der Waals surface area contributed by atoms with Gasteiger partial charge in [-0.15, -0.1) is 0 Å². The summed E-state index contributed by atoms with van der Waals surface area (Å²) in [7, 11) is 0. The van der Waals surface area contributed by atoms with E-state index in [-0.39, 0.29) is 6.10 Å². The first-order chi connectivity index (χ1) is 10.1. The molecule has 0 saturated carbocycles. The van der Waals surface area contributed by atoms with Crippen LogP contribution in [0.25, 0.3) is 0 Å². The minimum absolute atomic E-state index is 0.0385. The molecule has 0 aliphatic carbocycles. The highest BCUT2D eigenvalue weighted by Gasteiger charge is 2.22. The number of amides is 2. The fraction of sp³-hybridized carbons (Fsp3) is 0.857. The highest BCUT2D eigenvalue weighted by molar-refractivity contribution is 5.82. The molecule has 1 fully saturated rings. The SMILES string of the molecule is CCCC[C@H](NC(=O)NCC1CN(CC)CCO1)C(=O)O. The minimum Gasteiger partial charge on any atom is -0.480 e. The van der Waals surface area contributed by atoms with Crippen molar-refractivity contribution in [1.29, 1.82) is 0 Å². The predicted molar refractivity (Wildman–Crippen MR) is 79.3 cm³/mol. The number of aliphatic carboxylic acids is 1. The van der Waals surface area contributed by atoms with Crippen LogP contribution in [0.4, 0.5) is 4.79 Å². The molecular formula is C14H27N3O4. The number of likely N-dealkylation sites (N-methyl/N-ethyl adjacent to an activating group) is 1. The normalized spacial score (nSPS) is 20.8. The Balaban J connectivity index is 2.30. The van der Waals surface area contributed by atoms with E-state index in [0.717, 1.165) is 32.5 Å². The van der Waals surface area contributed by atoms with Gasteiger partial charge in [0.25, 0.3) is 0 Å². The first kappa shape index (κ1) is 17.7. The molecule has 1 saturated heterocycles. The first-order valence-electron chi connectivity index (χ1n) is 7.67. The number of rotatable bonds is 8. The summed E-state index contributed by atoms with van der Waals surface area (Å²) in [5, 5.41) is 14.2. The Bertz CT molecular complexity index is 338. The zero-order chi connectivity index (χ0) is 15.7. The van der Waals surface area contributed by atoms with Crippen LogP contribution in [-0.2, 0) is 9.53 Å². The van der Waals surface area contributed by atoms with Gasteiger partial charge in [0.1, 0.15) is 6.04 Å². The summed E-state index contributed by atoms with van der Waals surface area (Å²) in [5.74, 6) is -0.996. The Hall–Kier alpha value is -1.34. The van der Waals surface area contributed by atoms with Crippen LogP contribution in [0.1, 0.15) is 33.1 Å². The third-order valence-corrected chi connectivity index (χ3v) is 3.61. The number of hydrogen-bond acceptors (Lipinski definition) is 4. The second kappa shape index (κ2) is 9.57. The average Bonchev–Trinajstić information content (AvgIpc) is 2.49. The minimum atomic E-state index is -0.996. The van der Waals surface area contributed by atoms with Gasteiger partial charge >= 0.3 is 12.0 Å². The molecule has 1 aliphatic rings. The van der Waals surface area contributed by atoms with Crippen molar-refractivity contribution in [3.8, 4) is 0 Å². The molecule has 1 unspecified atom stereocenters. The zero-order valence-electron chi connectivity index (χ0n) is 12.9. The number of carbonyl (C=O) groups is 2. The van der Waals surface area contributed by atoms with E-state index in [1.54, 1.807) is 0 Å². The average molecular weight is 301 g/mol. The molecule has 2 amide bonds. The Morgan fingerprint density at radius 2 is 2.19 bits per heavy atom. The van der Waals surface area contributed by atoms with Gasteiger partial charge in [-0.25, -0.2) is 9.59 Å². The van der Waals surface area contributed by atoms with E-state index in [9.17, 15) is 9.59 Å². The van der Waals surface area contributed by atoms with Crippen LogP contribution in [0.15, 0.2) is 0 Å². The largest absolute Gasteiger partial charge is 0.480 e. The van der Waals surface area contributed by atoms with Crippen molar-refractivity contribution in [1.82, 2.24) is 15.5 Å². The third kappa shape index (κ3) is 6.77. The van der Waals surface area contributed by atoms with E-state index in [1.165, 1.54) is 0 Å². The van der Waals surface area contributed by atoms with Gasteiger partial charge in [-0.3, -0.25) is 4.90 Å². The summed E-state index contributed by atoms with van der Waals surface area (Å²) in [5.41, 5.74) is 0. The molecule has 7 heteroatoms. The molecule has 7 nitrogen and oxygen atoms in total. The van der Waals surface area contributed by atoms with E-state index >= 15 is 0 Å². The predicted octanol–water partition coefficient (Wildman–Crippen LogP) is 0.650. The lowest BCUT2D eigenvalue weighted by molar-refractivity contribution is -0.139. The number of unbranched alkanes of at least 4 members (excludes halogenated alkanes) is 1. The lowest BCUT2D eigenvalue weighted by Gasteiger charge is -2.32. The smallest absolute Gasteiger partial charge is 0.326 e. The quantitative estimate of drug-likeness (QED) is 0.612. The van der Waals surface area contributed by atoms with E-state index < -0.39 is 18.0 Å². The Kier molecular flexibility index (Phi) is 8.07. The summed E-state index contributed by atoms with van der Waals surface area (Å²) in [4.78, 5) is 25.1. The van der Waals surface area contributed by atoms with Gasteiger partial charge in [0, 0.05) is 19.6 Å². The van der Waals surface area contributed by atoms with Crippen LogP contribution in [0.3, 0.4) is 0 Å². The van der Waals surface area contributed by atoms with Gasteiger partial charge in [0.05, 0.1) is 12.7 Å². The molecule has 0 aromatic rings. The van der Waals surface area contributed by atoms with E-state index in [0.29, 0.717) is 19.6 Å². The molecule has 0 spiro atoms. The lowest BCUT2D eigenvalue weighted by Crippen LogP contribution is -2.51. The number of morpholine rings is 1. The maximum Gasteiger partial charge on any atom is 0.326 e. The van der Waals surface area contributed by atoms with Crippen molar-refractivity contribution in [2.24, 2.45) is 0 Å². The second-order valence-electron chi connectivity index (χ2n) is 5.27. The van der Waals surface area contributed by atoms with Crippen LogP contribution in [-0.4, -0.2) is 66.9 Å². The van der Waals surface area contributed by atoms with Gasteiger partial charge in [-0.05, 0) is 13.0 Å². The Morgan fingerprint density at radius 1 is 1.43 bits per heavy atom. The number of urea groups is 1.